The van der Waals surface area contributed by atoms with Gasteiger partial charge >= 0.3 is 0 Å². The molecule has 0 aliphatic heterocycles. The van der Waals surface area contributed by atoms with Gasteiger partial charge in [0.2, 0.25) is 0 Å². The molecule has 0 aromatic carbocycles. The summed E-state index contributed by atoms with van der Waals surface area (Å²) in [5, 5.41) is 32.1. The molecule has 0 aromatic rings. The van der Waals surface area contributed by atoms with E-state index >= 15 is 0 Å². The van der Waals surface area contributed by atoms with E-state index in [1.165, 1.54) is 44.9 Å². The first-order valence-electron chi connectivity index (χ1n) is 13.2. The molecule has 4 saturated carbocycles. The summed E-state index contributed by atoms with van der Waals surface area (Å²) >= 11 is 0. The maximum absolute atomic E-state index is 11.6. The highest BCUT2D eigenvalue weighted by molar-refractivity contribution is 5.16. The number of rotatable bonds is 6. The van der Waals surface area contributed by atoms with Crippen LogP contribution in [0.4, 0.5) is 0 Å². The van der Waals surface area contributed by atoms with Gasteiger partial charge in [-0.1, -0.05) is 53.4 Å². The van der Waals surface area contributed by atoms with E-state index in [1.54, 1.807) is 0 Å². The molecule has 4 rings (SSSR count). The summed E-state index contributed by atoms with van der Waals surface area (Å²) in [6.45, 7) is 9.85. The highest BCUT2D eigenvalue weighted by atomic mass is 16.3. The molecule has 174 valence electrons. The van der Waals surface area contributed by atoms with E-state index in [0.29, 0.717) is 29.8 Å². The van der Waals surface area contributed by atoms with Crippen LogP contribution in [0.1, 0.15) is 105 Å². The van der Waals surface area contributed by atoms with Crippen molar-refractivity contribution in [2.24, 2.45) is 46.3 Å². The molecule has 0 saturated heterocycles. The average Bonchev–Trinajstić information content (AvgIpc) is 3.07. The van der Waals surface area contributed by atoms with Crippen molar-refractivity contribution in [3.8, 4) is 0 Å². The summed E-state index contributed by atoms with van der Waals surface area (Å²) in [6, 6.07) is 0. The van der Waals surface area contributed by atoms with Gasteiger partial charge in [-0.2, -0.15) is 0 Å². The van der Waals surface area contributed by atoms with Gasteiger partial charge in [0.25, 0.3) is 0 Å². The maximum Gasteiger partial charge on any atom is 0.0961 e. The van der Waals surface area contributed by atoms with E-state index in [4.69, 9.17) is 0 Å². The van der Waals surface area contributed by atoms with Crippen LogP contribution in [0.15, 0.2) is 0 Å². The monoisotopic (exact) mass is 420 g/mol. The van der Waals surface area contributed by atoms with Crippen LogP contribution in [-0.2, 0) is 0 Å². The van der Waals surface area contributed by atoms with Crippen molar-refractivity contribution >= 4 is 0 Å². The standard InChI is InChI=1S/C27H48O3/c1-18(17-28)8-7-9-19(2)21-10-11-22-20-16-24(29)27(30)14-6-5-13-26(27,4)23(20)12-15-25(21,22)3/h18-24,28-30H,5-17H2,1-4H3/t18?,19-,20+,21-,22+,23+,24-,25-,26-,27+/m1/s1. The molecular formula is C27H48O3. The predicted octanol–water partition coefficient (Wildman–Crippen LogP) is 5.56. The minimum absolute atomic E-state index is 0.0982. The normalized spacial score (nSPS) is 50.3. The highest BCUT2D eigenvalue weighted by Crippen LogP contribution is 2.69. The number of fused-ring (bicyclic) bond motifs is 5. The second kappa shape index (κ2) is 8.34. The van der Waals surface area contributed by atoms with Crippen molar-refractivity contribution in [2.45, 2.75) is 116 Å². The van der Waals surface area contributed by atoms with Crippen LogP contribution in [0.2, 0.25) is 0 Å². The van der Waals surface area contributed by atoms with Crippen molar-refractivity contribution < 1.29 is 15.3 Å². The van der Waals surface area contributed by atoms with Gasteiger partial charge in [0.1, 0.15) is 0 Å². The number of hydrogen-bond donors (Lipinski definition) is 3. The molecule has 4 aliphatic carbocycles. The molecule has 0 amide bonds. The lowest BCUT2D eigenvalue weighted by Gasteiger charge is -2.65. The van der Waals surface area contributed by atoms with E-state index < -0.39 is 11.7 Å². The van der Waals surface area contributed by atoms with Gasteiger partial charge in [0.15, 0.2) is 0 Å². The number of aliphatic hydroxyl groups is 3. The van der Waals surface area contributed by atoms with Gasteiger partial charge in [0.05, 0.1) is 11.7 Å². The van der Waals surface area contributed by atoms with Crippen molar-refractivity contribution in [1.82, 2.24) is 0 Å². The van der Waals surface area contributed by atoms with Crippen LogP contribution in [0.25, 0.3) is 0 Å². The Morgan fingerprint density at radius 1 is 0.933 bits per heavy atom. The van der Waals surface area contributed by atoms with Crippen molar-refractivity contribution in [3.05, 3.63) is 0 Å². The molecule has 3 nitrogen and oxygen atoms in total. The zero-order chi connectivity index (χ0) is 21.7. The second-order valence-corrected chi connectivity index (χ2v) is 12.6. The predicted molar refractivity (Wildman–Crippen MR) is 122 cm³/mol. The van der Waals surface area contributed by atoms with Crippen LogP contribution < -0.4 is 0 Å². The lowest BCUT2D eigenvalue weighted by molar-refractivity contribution is -0.253. The summed E-state index contributed by atoms with van der Waals surface area (Å²) in [7, 11) is 0. The molecule has 0 radical (unpaired) electrons. The Hall–Kier alpha value is -0.120. The molecule has 1 unspecified atom stereocenters. The molecule has 10 atom stereocenters. The lowest BCUT2D eigenvalue weighted by atomic mass is 9.42. The Morgan fingerprint density at radius 2 is 1.67 bits per heavy atom. The van der Waals surface area contributed by atoms with Crippen molar-refractivity contribution in [3.63, 3.8) is 0 Å². The molecule has 0 heterocycles. The second-order valence-electron chi connectivity index (χ2n) is 12.6. The summed E-state index contributed by atoms with van der Waals surface area (Å²) < 4.78 is 0. The van der Waals surface area contributed by atoms with Gasteiger partial charge in [0, 0.05) is 12.0 Å². The number of hydrogen-bond acceptors (Lipinski definition) is 3. The molecule has 3 N–H and O–H groups in total. The van der Waals surface area contributed by atoms with Gasteiger partial charge < -0.3 is 15.3 Å². The van der Waals surface area contributed by atoms with E-state index in [1.807, 2.05) is 0 Å². The van der Waals surface area contributed by atoms with Crippen molar-refractivity contribution in [2.75, 3.05) is 6.61 Å². The fourth-order valence-electron chi connectivity index (χ4n) is 9.36. The Kier molecular flexibility index (Phi) is 6.41. The molecule has 0 spiro atoms. The average molecular weight is 421 g/mol. The van der Waals surface area contributed by atoms with Gasteiger partial charge in [-0.3, -0.25) is 0 Å². The summed E-state index contributed by atoms with van der Waals surface area (Å²) in [5.41, 5.74) is -0.544. The summed E-state index contributed by atoms with van der Waals surface area (Å²) in [4.78, 5) is 0. The van der Waals surface area contributed by atoms with Gasteiger partial charge in [-0.05, 0) is 92.3 Å². The Labute approximate surface area is 185 Å². The van der Waals surface area contributed by atoms with Gasteiger partial charge in [-0.25, -0.2) is 0 Å². The van der Waals surface area contributed by atoms with Crippen LogP contribution >= 0.6 is 0 Å². The van der Waals surface area contributed by atoms with Crippen LogP contribution in [0.3, 0.4) is 0 Å². The molecule has 0 aromatic heterocycles. The SMILES string of the molecule is CC(CO)CCC[C@@H](C)[C@H]1CC[C@H]2[C@@H]3C[C@@H](O)[C@@]4(O)CCCC[C@]4(C)[C@H]3CC[C@]12C. The molecule has 30 heavy (non-hydrogen) atoms. The first-order valence-corrected chi connectivity index (χ1v) is 13.2. The third-order valence-electron chi connectivity index (χ3n) is 11.2. The largest absolute Gasteiger partial charge is 0.396 e. The minimum atomic E-state index is -0.852. The zero-order valence-electron chi connectivity index (χ0n) is 20.1. The van der Waals surface area contributed by atoms with Crippen LogP contribution in [0.5, 0.6) is 0 Å². The first kappa shape index (κ1) is 23.1. The zero-order valence-corrected chi connectivity index (χ0v) is 20.1. The van der Waals surface area contributed by atoms with Gasteiger partial charge in [-0.15, -0.1) is 0 Å². The van der Waals surface area contributed by atoms with E-state index in [0.717, 1.165) is 49.9 Å². The van der Waals surface area contributed by atoms with Crippen LogP contribution in [-0.4, -0.2) is 33.6 Å². The fourth-order valence-corrected chi connectivity index (χ4v) is 9.36. The molecule has 4 aliphatic rings. The van der Waals surface area contributed by atoms with E-state index in [2.05, 4.69) is 27.7 Å². The third-order valence-corrected chi connectivity index (χ3v) is 11.2. The summed E-state index contributed by atoms with van der Waals surface area (Å²) in [5.74, 6) is 3.87. The molecule has 3 heteroatoms. The minimum Gasteiger partial charge on any atom is -0.396 e. The molecule has 0 bridgehead atoms. The van der Waals surface area contributed by atoms with E-state index in [-0.39, 0.29) is 5.41 Å². The fraction of sp³-hybridized carbons (Fsp3) is 1.00. The van der Waals surface area contributed by atoms with Crippen molar-refractivity contribution in [1.29, 1.82) is 0 Å². The van der Waals surface area contributed by atoms with Crippen LogP contribution in [0, 0.1) is 46.3 Å². The smallest absolute Gasteiger partial charge is 0.0961 e. The Morgan fingerprint density at radius 3 is 2.40 bits per heavy atom. The summed E-state index contributed by atoms with van der Waals surface area (Å²) in [6.07, 6.45) is 13.3. The molecule has 4 fully saturated rings. The lowest BCUT2D eigenvalue weighted by Crippen LogP contribution is -2.67. The Balaban J connectivity index is 1.49. The third kappa shape index (κ3) is 3.41. The highest BCUT2D eigenvalue weighted by Gasteiger charge is 2.66. The topological polar surface area (TPSA) is 60.7 Å². The maximum atomic E-state index is 11.6. The number of aliphatic hydroxyl groups excluding tert-OH is 2. The Bertz CT molecular complexity index is 607. The molecular weight excluding hydrogens is 372 g/mol. The quantitative estimate of drug-likeness (QED) is 0.527. The van der Waals surface area contributed by atoms with E-state index in [9.17, 15) is 15.3 Å². The first-order chi connectivity index (χ1) is 14.2.